The van der Waals surface area contributed by atoms with E-state index in [0.717, 1.165) is 19.6 Å². The summed E-state index contributed by atoms with van der Waals surface area (Å²) in [5, 5.41) is 3.91. The molecule has 5 unspecified atom stereocenters. The van der Waals surface area contributed by atoms with Crippen molar-refractivity contribution in [2.24, 2.45) is 5.92 Å². The Morgan fingerprint density at radius 3 is 2.65 bits per heavy atom. The highest BCUT2D eigenvalue weighted by molar-refractivity contribution is 7.84. The summed E-state index contributed by atoms with van der Waals surface area (Å²) in [4.78, 5) is 2.50. The number of nitrogens with one attached hydrogen (secondary N) is 1. The Bertz CT molecular complexity index is 260. The molecule has 1 rings (SSSR count). The second-order valence-electron chi connectivity index (χ2n) is 5.51. The van der Waals surface area contributed by atoms with Crippen molar-refractivity contribution in [3.8, 4) is 0 Å². The summed E-state index contributed by atoms with van der Waals surface area (Å²) in [7, 11) is -0.713. The normalized spacial score (nSPS) is 32.1. The maximum atomic E-state index is 11.5. The second-order valence-corrected chi connectivity index (χ2v) is 7.31. The summed E-state index contributed by atoms with van der Waals surface area (Å²) in [6, 6.07) is 1.15. The topological polar surface area (TPSA) is 32.3 Å². The molecule has 0 bridgehead atoms. The maximum Gasteiger partial charge on any atom is 0.0444 e. The average Bonchev–Trinajstić information content (AvgIpc) is 2.30. The summed E-state index contributed by atoms with van der Waals surface area (Å²) < 4.78 is 11.5. The number of piperazine rings is 1. The Hall–Kier alpha value is 0.0700. The van der Waals surface area contributed by atoms with E-state index in [9.17, 15) is 4.21 Å². The maximum absolute atomic E-state index is 11.5. The van der Waals surface area contributed by atoms with E-state index in [0.29, 0.717) is 18.0 Å². The lowest BCUT2D eigenvalue weighted by Gasteiger charge is -2.41. The van der Waals surface area contributed by atoms with E-state index < -0.39 is 10.8 Å². The zero-order chi connectivity index (χ0) is 13.0. The van der Waals surface area contributed by atoms with Gasteiger partial charge < -0.3 is 5.32 Å². The molecule has 1 N–H and O–H groups in total. The van der Waals surface area contributed by atoms with Gasteiger partial charge in [-0.05, 0) is 19.8 Å². The van der Waals surface area contributed by atoms with Gasteiger partial charge in [-0.1, -0.05) is 20.3 Å². The highest BCUT2D eigenvalue weighted by Gasteiger charge is 2.28. The van der Waals surface area contributed by atoms with Gasteiger partial charge in [-0.25, -0.2) is 0 Å². The summed E-state index contributed by atoms with van der Waals surface area (Å²) in [6.07, 6.45) is 3.03. The van der Waals surface area contributed by atoms with Gasteiger partial charge in [-0.15, -0.1) is 0 Å². The zero-order valence-electron chi connectivity index (χ0n) is 11.9. The quantitative estimate of drug-likeness (QED) is 0.812. The molecule has 0 aromatic rings. The summed E-state index contributed by atoms with van der Waals surface area (Å²) in [5.74, 6) is 0.715. The van der Waals surface area contributed by atoms with Crippen molar-refractivity contribution in [2.45, 2.75) is 51.4 Å². The number of nitrogens with zero attached hydrogens (tertiary/aromatic N) is 1. The van der Waals surface area contributed by atoms with Crippen LogP contribution in [0.1, 0.15) is 34.1 Å². The highest BCUT2D eigenvalue weighted by Crippen LogP contribution is 2.16. The molecule has 0 amide bonds. The van der Waals surface area contributed by atoms with Crippen LogP contribution in [0.25, 0.3) is 0 Å². The number of hydrogen-bond acceptors (Lipinski definition) is 3. The smallest absolute Gasteiger partial charge is 0.0444 e. The van der Waals surface area contributed by atoms with Crippen LogP contribution < -0.4 is 5.32 Å². The van der Waals surface area contributed by atoms with Crippen molar-refractivity contribution in [3.05, 3.63) is 0 Å². The Morgan fingerprint density at radius 2 is 2.12 bits per heavy atom. The first-order valence-electron chi connectivity index (χ1n) is 6.75. The van der Waals surface area contributed by atoms with Gasteiger partial charge in [-0.2, -0.15) is 0 Å². The van der Waals surface area contributed by atoms with E-state index in [4.69, 9.17) is 0 Å². The first-order valence-corrected chi connectivity index (χ1v) is 8.37. The zero-order valence-corrected chi connectivity index (χ0v) is 12.7. The molecule has 5 atom stereocenters. The molecule has 4 heteroatoms. The van der Waals surface area contributed by atoms with Crippen LogP contribution in [-0.4, -0.2) is 52.3 Å². The van der Waals surface area contributed by atoms with Crippen molar-refractivity contribution < 1.29 is 4.21 Å². The summed E-state index contributed by atoms with van der Waals surface area (Å²) in [6.45, 7) is 12.0. The van der Waals surface area contributed by atoms with Gasteiger partial charge in [0.25, 0.3) is 0 Å². The van der Waals surface area contributed by atoms with E-state index in [1.807, 2.05) is 6.26 Å². The molecule has 0 radical (unpaired) electrons. The van der Waals surface area contributed by atoms with Gasteiger partial charge >= 0.3 is 0 Å². The second kappa shape index (κ2) is 6.86. The summed E-state index contributed by atoms with van der Waals surface area (Å²) in [5.41, 5.74) is 0. The molecular formula is C13H28N2OS. The van der Waals surface area contributed by atoms with Crippen LogP contribution in [0.3, 0.4) is 0 Å². The minimum Gasteiger partial charge on any atom is -0.311 e. The van der Waals surface area contributed by atoms with Crippen LogP contribution in [0.15, 0.2) is 0 Å². The van der Waals surface area contributed by atoms with E-state index in [-0.39, 0.29) is 5.25 Å². The highest BCUT2D eigenvalue weighted by atomic mass is 32.2. The van der Waals surface area contributed by atoms with Crippen molar-refractivity contribution in [3.63, 3.8) is 0 Å². The molecule has 1 saturated heterocycles. The van der Waals surface area contributed by atoms with Crippen molar-refractivity contribution in [1.82, 2.24) is 10.2 Å². The number of hydrogen-bond donors (Lipinski definition) is 1. The molecular weight excluding hydrogens is 232 g/mol. The Kier molecular flexibility index (Phi) is 6.10. The molecule has 0 aromatic carbocycles. The Labute approximate surface area is 109 Å². The minimum atomic E-state index is -0.713. The fourth-order valence-electron chi connectivity index (χ4n) is 2.30. The molecule has 17 heavy (non-hydrogen) atoms. The molecule has 102 valence electrons. The lowest BCUT2D eigenvalue weighted by molar-refractivity contribution is 0.120. The minimum absolute atomic E-state index is 0.271. The fraction of sp³-hybridized carbons (Fsp3) is 1.00. The standard InChI is InChI=1S/C13H28N2OS/c1-6-10(2)13-9-15(11(3)7-14-13)8-12(4)17(5)16/h10-14H,6-9H2,1-5H3. The van der Waals surface area contributed by atoms with E-state index in [2.05, 4.69) is 37.9 Å². The van der Waals surface area contributed by atoms with Crippen molar-refractivity contribution in [2.75, 3.05) is 25.9 Å². The SMILES string of the molecule is CCC(C)C1CN(CC(C)S(C)=O)C(C)CN1. The molecule has 3 nitrogen and oxygen atoms in total. The van der Waals surface area contributed by atoms with Crippen LogP contribution in [-0.2, 0) is 10.8 Å². The van der Waals surface area contributed by atoms with Crippen LogP contribution in [0, 0.1) is 5.92 Å². The predicted molar refractivity (Wildman–Crippen MR) is 75.8 cm³/mol. The third-order valence-electron chi connectivity index (χ3n) is 4.12. The van der Waals surface area contributed by atoms with Gasteiger partial charge in [0, 0.05) is 54.0 Å². The summed E-state index contributed by atoms with van der Waals surface area (Å²) >= 11 is 0. The monoisotopic (exact) mass is 260 g/mol. The van der Waals surface area contributed by atoms with Gasteiger partial charge in [-0.3, -0.25) is 9.11 Å². The largest absolute Gasteiger partial charge is 0.311 e. The van der Waals surface area contributed by atoms with E-state index in [1.54, 1.807) is 0 Å². The lowest BCUT2D eigenvalue weighted by atomic mass is 9.95. The van der Waals surface area contributed by atoms with Crippen LogP contribution in [0.4, 0.5) is 0 Å². The van der Waals surface area contributed by atoms with Crippen LogP contribution in [0.2, 0.25) is 0 Å². The van der Waals surface area contributed by atoms with Crippen molar-refractivity contribution in [1.29, 1.82) is 0 Å². The molecule has 1 fully saturated rings. The number of rotatable bonds is 5. The molecule has 0 aliphatic carbocycles. The molecule has 1 aliphatic heterocycles. The molecule has 0 saturated carbocycles. The molecule has 0 spiro atoms. The third-order valence-corrected chi connectivity index (χ3v) is 5.40. The van der Waals surface area contributed by atoms with Gasteiger partial charge in [0.15, 0.2) is 0 Å². The fourth-order valence-corrected chi connectivity index (χ4v) is 2.70. The molecule has 0 aromatic heterocycles. The third kappa shape index (κ3) is 4.34. The van der Waals surface area contributed by atoms with E-state index in [1.165, 1.54) is 6.42 Å². The van der Waals surface area contributed by atoms with Crippen molar-refractivity contribution >= 4 is 10.8 Å². The first kappa shape index (κ1) is 15.1. The predicted octanol–water partition coefficient (Wildman–Crippen LogP) is 1.46. The first-order chi connectivity index (χ1) is 7.95. The van der Waals surface area contributed by atoms with Crippen LogP contribution in [0.5, 0.6) is 0 Å². The van der Waals surface area contributed by atoms with Gasteiger partial charge in [0.2, 0.25) is 0 Å². The average molecular weight is 260 g/mol. The van der Waals surface area contributed by atoms with E-state index >= 15 is 0 Å². The van der Waals surface area contributed by atoms with Crippen LogP contribution >= 0.6 is 0 Å². The van der Waals surface area contributed by atoms with Gasteiger partial charge in [0.1, 0.15) is 0 Å². The van der Waals surface area contributed by atoms with Gasteiger partial charge in [0.05, 0.1) is 0 Å². The Balaban J connectivity index is 2.54. The molecule has 1 aliphatic rings. The molecule has 1 heterocycles. The lowest BCUT2D eigenvalue weighted by Crippen LogP contribution is -2.58. The Morgan fingerprint density at radius 1 is 1.47 bits per heavy atom.